The summed E-state index contributed by atoms with van der Waals surface area (Å²) in [4.78, 5) is 2.79. The Morgan fingerprint density at radius 3 is 2.74 bits per heavy atom. The van der Waals surface area contributed by atoms with Gasteiger partial charge in [-0.2, -0.15) is 0 Å². The Labute approximate surface area is 164 Å². The highest BCUT2D eigenvalue weighted by Gasteiger charge is 2.39. The lowest BCUT2D eigenvalue weighted by molar-refractivity contribution is 0.304. The molecule has 0 fully saturated rings. The molecule has 2 aliphatic rings. The van der Waals surface area contributed by atoms with Crippen molar-refractivity contribution in [3.63, 3.8) is 0 Å². The van der Waals surface area contributed by atoms with Gasteiger partial charge in [0.1, 0.15) is 12.4 Å². The lowest BCUT2D eigenvalue weighted by Gasteiger charge is -2.37. The van der Waals surface area contributed by atoms with Crippen LogP contribution in [0.15, 0.2) is 72.8 Å². The van der Waals surface area contributed by atoms with Crippen LogP contribution in [0.3, 0.4) is 0 Å². The number of aryl methyl sites for hydroxylation is 1. The van der Waals surface area contributed by atoms with Crippen molar-refractivity contribution in [2.75, 3.05) is 5.32 Å². The Morgan fingerprint density at radius 1 is 1.04 bits per heavy atom. The fraction of sp³-hybridized carbons (Fsp3) is 0.250. The van der Waals surface area contributed by atoms with Crippen molar-refractivity contribution in [3.8, 4) is 5.75 Å². The molecule has 2 nitrogen and oxygen atoms in total. The molecule has 0 saturated carbocycles. The molecule has 2 aromatic carbocycles. The minimum atomic E-state index is 0.345. The quantitative estimate of drug-likeness (QED) is 0.530. The van der Waals surface area contributed by atoms with Gasteiger partial charge in [0.25, 0.3) is 0 Å². The fourth-order valence-electron chi connectivity index (χ4n) is 4.35. The predicted octanol–water partition coefficient (Wildman–Crippen LogP) is 6.46. The minimum absolute atomic E-state index is 0.345. The first kappa shape index (κ1) is 16.6. The molecule has 1 aromatic heterocycles. The van der Waals surface area contributed by atoms with Crippen LogP contribution in [0.25, 0.3) is 0 Å². The van der Waals surface area contributed by atoms with Crippen molar-refractivity contribution < 1.29 is 4.74 Å². The van der Waals surface area contributed by atoms with Gasteiger partial charge in [-0.3, -0.25) is 0 Å². The predicted molar refractivity (Wildman–Crippen MR) is 113 cm³/mol. The maximum atomic E-state index is 6.25. The molecule has 3 aromatic rings. The van der Waals surface area contributed by atoms with Gasteiger partial charge in [-0.25, -0.2) is 0 Å². The first-order chi connectivity index (χ1) is 13.3. The summed E-state index contributed by atoms with van der Waals surface area (Å²) in [5, 5.41) is 3.85. The first-order valence-electron chi connectivity index (χ1n) is 9.59. The molecule has 0 bridgehead atoms. The van der Waals surface area contributed by atoms with Crippen molar-refractivity contribution in [1.29, 1.82) is 0 Å². The highest BCUT2D eigenvalue weighted by molar-refractivity contribution is 7.12. The molecular formula is C24H23NOS. The molecule has 0 amide bonds. The van der Waals surface area contributed by atoms with Crippen LogP contribution in [0.4, 0.5) is 5.69 Å². The number of thiophene rings is 1. The molecule has 5 rings (SSSR count). The van der Waals surface area contributed by atoms with Gasteiger partial charge in [0.05, 0.1) is 11.7 Å². The summed E-state index contributed by atoms with van der Waals surface area (Å²) >= 11 is 1.90. The van der Waals surface area contributed by atoms with Crippen molar-refractivity contribution in [2.24, 2.45) is 5.92 Å². The molecule has 1 N–H and O–H groups in total. The van der Waals surface area contributed by atoms with E-state index in [1.54, 1.807) is 0 Å². The molecule has 3 unspecified atom stereocenters. The minimum Gasteiger partial charge on any atom is -0.487 e. The molecule has 1 aliphatic carbocycles. The Hall–Kier alpha value is -2.52. The summed E-state index contributed by atoms with van der Waals surface area (Å²) < 4.78 is 6.25. The maximum absolute atomic E-state index is 6.25. The Balaban J connectivity index is 1.49. The standard InChI is InChI=1S/C24H23NOS/c1-16-13-14-22(27-16)24-20-10-5-9-18(20)19-11-6-12-21(23(19)25-24)26-15-17-7-3-2-4-8-17/h2-9,11-14,18,20,24-25H,10,15H2,1H3. The second-order valence-corrected chi connectivity index (χ2v) is 8.74. The maximum Gasteiger partial charge on any atom is 0.143 e. The fourth-order valence-corrected chi connectivity index (χ4v) is 5.36. The summed E-state index contributed by atoms with van der Waals surface area (Å²) in [6.07, 6.45) is 5.86. The monoisotopic (exact) mass is 373 g/mol. The van der Waals surface area contributed by atoms with E-state index in [-0.39, 0.29) is 0 Å². The average molecular weight is 374 g/mol. The van der Waals surface area contributed by atoms with Crippen molar-refractivity contribution in [3.05, 3.63) is 93.7 Å². The second-order valence-electron chi connectivity index (χ2n) is 7.42. The number of hydrogen-bond acceptors (Lipinski definition) is 3. The normalized spacial score (nSPS) is 22.8. The summed E-state index contributed by atoms with van der Waals surface area (Å²) in [6.45, 7) is 2.77. The highest BCUT2D eigenvalue weighted by atomic mass is 32.1. The number of rotatable bonds is 4. The zero-order valence-electron chi connectivity index (χ0n) is 15.4. The summed E-state index contributed by atoms with van der Waals surface area (Å²) in [5.74, 6) is 2.00. The first-order valence-corrected chi connectivity index (χ1v) is 10.4. The summed E-state index contributed by atoms with van der Waals surface area (Å²) in [7, 11) is 0. The Kier molecular flexibility index (Phi) is 4.25. The summed E-state index contributed by atoms with van der Waals surface area (Å²) in [5.41, 5.74) is 3.72. The Bertz CT molecular complexity index is 975. The van der Waals surface area contributed by atoms with Gasteiger partial charge in [0, 0.05) is 15.7 Å². The van der Waals surface area contributed by atoms with Gasteiger partial charge < -0.3 is 10.1 Å². The number of hydrogen-bond donors (Lipinski definition) is 1. The van der Waals surface area contributed by atoms with Gasteiger partial charge >= 0.3 is 0 Å². The lowest BCUT2D eigenvalue weighted by atomic mass is 9.78. The number of anilines is 1. The van der Waals surface area contributed by atoms with E-state index in [0.717, 1.165) is 17.9 Å². The molecule has 1 aliphatic heterocycles. The SMILES string of the molecule is Cc1ccc(C2Nc3c(OCc4ccccc4)cccc3C3C=CCC32)s1. The van der Waals surface area contributed by atoms with Crippen molar-refractivity contribution in [1.82, 2.24) is 0 Å². The van der Waals surface area contributed by atoms with E-state index < -0.39 is 0 Å². The van der Waals surface area contributed by atoms with E-state index in [1.807, 2.05) is 17.4 Å². The van der Waals surface area contributed by atoms with E-state index in [4.69, 9.17) is 4.74 Å². The molecule has 3 atom stereocenters. The third-order valence-corrected chi connectivity index (χ3v) is 6.75. The van der Waals surface area contributed by atoms with Crippen LogP contribution < -0.4 is 10.1 Å². The topological polar surface area (TPSA) is 21.3 Å². The van der Waals surface area contributed by atoms with Gasteiger partial charge in [-0.15, -0.1) is 11.3 Å². The zero-order chi connectivity index (χ0) is 18.2. The van der Waals surface area contributed by atoms with Gasteiger partial charge in [-0.1, -0.05) is 54.6 Å². The average Bonchev–Trinajstić information content (AvgIpc) is 3.36. The van der Waals surface area contributed by atoms with Crippen LogP contribution in [0, 0.1) is 12.8 Å². The molecule has 3 heteroatoms. The number of benzene rings is 2. The Morgan fingerprint density at radius 2 is 1.93 bits per heavy atom. The molecule has 0 spiro atoms. The van der Waals surface area contributed by atoms with E-state index in [9.17, 15) is 0 Å². The van der Waals surface area contributed by atoms with Crippen molar-refractivity contribution in [2.45, 2.75) is 31.9 Å². The lowest BCUT2D eigenvalue weighted by Crippen LogP contribution is -2.28. The van der Waals surface area contributed by atoms with Crippen LogP contribution in [0.5, 0.6) is 5.75 Å². The number of fused-ring (bicyclic) bond motifs is 3. The van der Waals surface area contributed by atoms with Crippen LogP contribution in [-0.2, 0) is 6.61 Å². The third-order valence-electron chi connectivity index (χ3n) is 5.66. The van der Waals surface area contributed by atoms with Gasteiger partial charge in [-0.05, 0) is 48.6 Å². The van der Waals surface area contributed by atoms with E-state index in [1.165, 1.54) is 20.9 Å². The van der Waals surface area contributed by atoms with Crippen LogP contribution >= 0.6 is 11.3 Å². The zero-order valence-corrected chi connectivity index (χ0v) is 16.2. The van der Waals surface area contributed by atoms with Crippen LogP contribution in [0.2, 0.25) is 0 Å². The number of para-hydroxylation sites is 1. The third kappa shape index (κ3) is 3.06. The highest BCUT2D eigenvalue weighted by Crippen LogP contribution is 2.53. The van der Waals surface area contributed by atoms with Crippen molar-refractivity contribution >= 4 is 17.0 Å². The van der Waals surface area contributed by atoms with Gasteiger partial charge in [0.15, 0.2) is 0 Å². The number of ether oxygens (including phenoxy) is 1. The smallest absolute Gasteiger partial charge is 0.143 e. The van der Waals surface area contributed by atoms with Crippen LogP contribution in [0.1, 0.15) is 39.3 Å². The molecule has 0 radical (unpaired) electrons. The second kappa shape index (κ2) is 6.90. The molecule has 2 heterocycles. The van der Waals surface area contributed by atoms with E-state index in [0.29, 0.717) is 24.5 Å². The number of allylic oxidation sites excluding steroid dienone is 2. The summed E-state index contributed by atoms with van der Waals surface area (Å²) in [6, 6.07) is 21.7. The molecule has 27 heavy (non-hydrogen) atoms. The molecular weight excluding hydrogens is 350 g/mol. The van der Waals surface area contributed by atoms with E-state index >= 15 is 0 Å². The molecule has 0 saturated heterocycles. The molecule has 136 valence electrons. The number of nitrogens with one attached hydrogen (secondary N) is 1. The van der Waals surface area contributed by atoms with E-state index in [2.05, 4.69) is 79.0 Å². The van der Waals surface area contributed by atoms with Crippen LogP contribution in [-0.4, -0.2) is 0 Å². The van der Waals surface area contributed by atoms with Gasteiger partial charge in [0.2, 0.25) is 0 Å². The largest absolute Gasteiger partial charge is 0.487 e.